The van der Waals surface area contributed by atoms with Crippen LogP contribution >= 0.6 is 0 Å². The molecule has 3 rings (SSSR count). The number of nitrogens with zero attached hydrogens (tertiary/aromatic N) is 2. The normalized spacial score (nSPS) is 10.5. The second kappa shape index (κ2) is 5.71. The van der Waals surface area contributed by atoms with Gasteiger partial charge in [0.15, 0.2) is 5.78 Å². The van der Waals surface area contributed by atoms with Crippen molar-refractivity contribution in [3.8, 4) is 5.75 Å². The predicted octanol–water partition coefficient (Wildman–Crippen LogP) is 3.26. The minimum atomic E-state index is -0.0809. The highest BCUT2D eigenvalue weighted by atomic mass is 16.5. The predicted molar refractivity (Wildman–Crippen MR) is 80.6 cm³/mol. The van der Waals surface area contributed by atoms with E-state index in [4.69, 9.17) is 4.74 Å². The van der Waals surface area contributed by atoms with Crippen LogP contribution < -0.4 is 4.74 Å². The standard InChI is InChI=1S/C17H14N2O2/c1-2-21-13-9-12(10-18-11-13)17(20)15-5-3-7-16-14(15)6-4-8-19-16/h3-11H,2H2,1H3. The molecular formula is C17H14N2O2. The lowest BCUT2D eigenvalue weighted by Crippen LogP contribution is -2.04. The number of rotatable bonds is 4. The van der Waals surface area contributed by atoms with Gasteiger partial charge < -0.3 is 4.74 Å². The summed E-state index contributed by atoms with van der Waals surface area (Å²) < 4.78 is 5.39. The lowest BCUT2D eigenvalue weighted by Gasteiger charge is -2.07. The molecule has 0 unspecified atom stereocenters. The summed E-state index contributed by atoms with van der Waals surface area (Å²) in [6.45, 7) is 2.43. The fourth-order valence-electron chi connectivity index (χ4n) is 2.25. The van der Waals surface area contributed by atoms with E-state index in [-0.39, 0.29) is 5.78 Å². The number of carbonyl (C=O) groups excluding carboxylic acids is 1. The van der Waals surface area contributed by atoms with E-state index in [2.05, 4.69) is 9.97 Å². The van der Waals surface area contributed by atoms with E-state index in [1.54, 1.807) is 30.7 Å². The molecule has 4 nitrogen and oxygen atoms in total. The first-order valence-electron chi connectivity index (χ1n) is 6.76. The van der Waals surface area contributed by atoms with Gasteiger partial charge in [0, 0.05) is 28.9 Å². The monoisotopic (exact) mass is 278 g/mol. The third-order valence-corrected chi connectivity index (χ3v) is 3.18. The molecule has 4 heteroatoms. The second-order valence-electron chi connectivity index (χ2n) is 4.55. The molecule has 0 aliphatic rings. The van der Waals surface area contributed by atoms with Gasteiger partial charge in [-0.2, -0.15) is 0 Å². The van der Waals surface area contributed by atoms with Crippen molar-refractivity contribution in [3.63, 3.8) is 0 Å². The van der Waals surface area contributed by atoms with Crippen molar-refractivity contribution >= 4 is 16.7 Å². The molecule has 0 saturated heterocycles. The zero-order valence-corrected chi connectivity index (χ0v) is 11.6. The van der Waals surface area contributed by atoms with Crippen LogP contribution in [-0.2, 0) is 0 Å². The minimum absolute atomic E-state index is 0.0809. The summed E-state index contributed by atoms with van der Waals surface area (Å²) in [4.78, 5) is 21.0. The third-order valence-electron chi connectivity index (χ3n) is 3.18. The largest absolute Gasteiger partial charge is 0.492 e. The van der Waals surface area contributed by atoms with Crippen LogP contribution in [0.2, 0.25) is 0 Å². The lowest BCUT2D eigenvalue weighted by atomic mass is 10.0. The topological polar surface area (TPSA) is 52.1 Å². The summed E-state index contributed by atoms with van der Waals surface area (Å²) in [6, 6.07) is 11.0. The number of benzene rings is 1. The molecule has 0 aliphatic heterocycles. The fraction of sp³-hybridized carbons (Fsp3) is 0.118. The number of hydrogen-bond acceptors (Lipinski definition) is 4. The van der Waals surface area contributed by atoms with Crippen molar-refractivity contribution in [2.24, 2.45) is 0 Å². The van der Waals surface area contributed by atoms with Crippen molar-refractivity contribution < 1.29 is 9.53 Å². The van der Waals surface area contributed by atoms with Crippen LogP contribution in [0, 0.1) is 0 Å². The molecule has 0 N–H and O–H groups in total. The van der Waals surface area contributed by atoms with Crippen LogP contribution in [0.4, 0.5) is 0 Å². The Labute approximate surface area is 122 Å². The van der Waals surface area contributed by atoms with E-state index >= 15 is 0 Å². The van der Waals surface area contributed by atoms with Crippen molar-refractivity contribution in [1.82, 2.24) is 9.97 Å². The Morgan fingerprint density at radius 2 is 2.10 bits per heavy atom. The van der Waals surface area contributed by atoms with Gasteiger partial charge in [-0.05, 0) is 25.1 Å². The Kier molecular flexibility index (Phi) is 3.60. The van der Waals surface area contributed by atoms with Gasteiger partial charge in [0.2, 0.25) is 0 Å². The number of hydrogen-bond donors (Lipinski definition) is 0. The quantitative estimate of drug-likeness (QED) is 0.687. The maximum Gasteiger partial charge on any atom is 0.195 e. The Morgan fingerprint density at radius 3 is 2.95 bits per heavy atom. The maximum atomic E-state index is 12.7. The average molecular weight is 278 g/mol. The molecule has 0 fully saturated rings. The SMILES string of the molecule is CCOc1cncc(C(=O)c2cccc3ncccc23)c1. The summed E-state index contributed by atoms with van der Waals surface area (Å²) in [5.41, 5.74) is 1.94. The Morgan fingerprint density at radius 1 is 1.19 bits per heavy atom. The average Bonchev–Trinajstić information content (AvgIpc) is 2.54. The number of aromatic nitrogens is 2. The Bertz CT molecular complexity index is 794. The Hall–Kier alpha value is -2.75. The summed E-state index contributed by atoms with van der Waals surface area (Å²) >= 11 is 0. The fourth-order valence-corrected chi connectivity index (χ4v) is 2.25. The maximum absolute atomic E-state index is 12.7. The van der Waals surface area contributed by atoms with Gasteiger partial charge in [-0.3, -0.25) is 14.8 Å². The first-order chi connectivity index (χ1) is 10.3. The number of carbonyl (C=O) groups is 1. The van der Waals surface area contributed by atoms with Crippen LogP contribution in [0.15, 0.2) is 55.0 Å². The second-order valence-corrected chi connectivity index (χ2v) is 4.55. The van der Waals surface area contributed by atoms with Gasteiger partial charge in [0.1, 0.15) is 5.75 Å². The third kappa shape index (κ3) is 2.60. The highest BCUT2D eigenvalue weighted by Crippen LogP contribution is 2.21. The zero-order chi connectivity index (χ0) is 14.7. The summed E-state index contributed by atoms with van der Waals surface area (Å²) in [5, 5.41) is 0.840. The van der Waals surface area contributed by atoms with E-state index in [9.17, 15) is 4.79 Å². The molecule has 0 atom stereocenters. The molecule has 1 aromatic carbocycles. The molecular weight excluding hydrogens is 264 g/mol. The van der Waals surface area contributed by atoms with Crippen LogP contribution in [-0.4, -0.2) is 22.4 Å². The first-order valence-corrected chi connectivity index (χ1v) is 6.76. The van der Waals surface area contributed by atoms with Crippen LogP contribution in [0.1, 0.15) is 22.8 Å². The number of fused-ring (bicyclic) bond motifs is 1. The molecule has 104 valence electrons. The Balaban J connectivity index is 2.06. The van der Waals surface area contributed by atoms with Crippen LogP contribution in [0.3, 0.4) is 0 Å². The minimum Gasteiger partial charge on any atom is -0.492 e. The van der Waals surface area contributed by atoms with Crippen molar-refractivity contribution in [3.05, 3.63) is 66.1 Å². The van der Waals surface area contributed by atoms with Crippen molar-refractivity contribution in [2.45, 2.75) is 6.92 Å². The highest BCUT2D eigenvalue weighted by Gasteiger charge is 2.13. The first kappa shape index (κ1) is 13.2. The molecule has 0 spiro atoms. The van der Waals surface area contributed by atoms with E-state index < -0.39 is 0 Å². The van der Waals surface area contributed by atoms with Crippen molar-refractivity contribution in [1.29, 1.82) is 0 Å². The summed E-state index contributed by atoms with van der Waals surface area (Å²) in [5.74, 6) is 0.518. The van der Waals surface area contributed by atoms with E-state index in [0.717, 1.165) is 10.9 Å². The molecule has 2 heterocycles. The van der Waals surface area contributed by atoms with Crippen LogP contribution in [0.5, 0.6) is 5.75 Å². The number of pyridine rings is 2. The van der Waals surface area contributed by atoms with E-state index in [1.807, 2.05) is 31.2 Å². The molecule has 0 saturated carbocycles. The molecule has 0 bridgehead atoms. The molecule has 21 heavy (non-hydrogen) atoms. The smallest absolute Gasteiger partial charge is 0.195 e. The van der Waals surface area contributed by atoms with Gasteiger partial charge in [-0.25, -0.2) is 0 Å². The molecule has 2 aromatic heterocycles. The van der Waals surface area contributed by atoms with Gasteiger partial charge >= 0.3 is 0 Å². The van der Waals surface area contributed by atoms with E-state index in [1.165, 1.54) is 0 Å². The number of ketones is 1. The van der Waals surface area contributed by atoms with Crippen molar-refractivity contribution in [2.75, 3.05) is 6.61 Å². The summed E-state index contributed by atoms with van der Waals surface area (Å²) in [6.07, 6.45) is 4.87. The van der Waals surface area contributed by atoms with E-state index in [0.29, 0.717) is 23.5 Å². The van der Waals surface area contributed by atoms with Gasteiger partial charge in [-0.15, -0.1) is 0 Å². The zero-order valence-electron chi connectivity index (χ0n) is 11.6. The van der Waals surface area contributed by atoms with Gasteiger partial charge in [0.25, 0.3) is 0 Å². The molecule has 0 amide bonds. The van der Waals surface area contributed by atoms with Gasteiger partial charge in [-0.1, -0.05) is 18.2 Å². The highest BCUT2D eigenvalue weighted by molar-refractivity contribution is 6.15. The van der Waals surface area contributed by atoms with Gasteiger partial charge in [0.05, 0.1) is 18.3 Å². The molecule has 0 aliphatic carbocycles. The number of ether oxygens (including phenoxy) is 1. The van der Waals surface area contributed by atoms with Crippen LogP contribution in [0.25, 0.3) is 10.9 Å². The molecule has 0 radical (unpaired) electrons. The lowest BCUT2D eigenvalue weighted by molar-refractivity contribution is 0.103. The molecule has 3 aromatic rings. The summed E-state index contributed by atoms with van der Waals surface area (Å²) in [7, 11) is 0.